The van der Waals surface area contributed by atoms with E-state index in [0.717, 1.165) is 46.8 Å². The van der Waals surface area contributed by atoms with E-state index in [4.69, 9.17) is 9.40 Å². The van der Waals surface area contributed by atoms with E-state index in [1.165, 1.54) is 10.4 Å². The molecule has 26 heavy (non-hydrogen) atoms. The average molecular weight is 372 g/mol. The third-order valence-electron chi connectivity index (χ3n) is 5.44. The lowest BCUT2D eigenvalue weighted by Gasteiger charge is -2.22. The van der Waals surface area contributed by atoms with E-state index in [1.807, 2.05) is 26.1 Å². The van der Waals surface area contributed by atoms with Crippen molar-refractivity contribution < 1.29 is 4.42 Å². The van der Waals surface area contributed by atoms with E-state index >= 15 is 0 Å². The summed E-state index contributed by atoms with van der Waals surface area (Å²) in [6, 6.07) is 3.96. The highest BCUT2D eigenvalue weighted by molar-refractivity contribution is 7.18. The van der Waals surface area contributed by atoms with Gasteiger partial charge in [0.25, 0.3) is 5.56 Å². The molecule has 3 aromatic heterocycles. The summed E-state index contributed by atoms with van der Waals surface area (Å²) in [6.07, 6.45) is 3.22. The van der Waals surface area contributed by atoms with Gasteiger partial charge in [-0.3, -0.25) is 9.69 Å². The zero-order chi connectivity index (χ0) is 18.4. The highest BCUT2D eigenvalue weighted by Gasteiger charge is 2.24. The minimum atomic E-state index is -0.00411. The van der Waals surface area contributed by atoms with E-state index in [9.17, 15) is 4.79 Å². The molecule has 138 valence electrons. The molecular formula is C20H25N3O2S. The number of furan rings is 1. The maximum Gasteiger partial charge on any atom is 0.259 e. The molecule has 2 atom stereocenters. The van der Waals surface area contributed by atoms with Crippen LogP contribution in [0.5, 0.6) is 0 Å². The second-order valence-corrected chi connectivity index (χ2v) is 8.67. The van der Waals surface area contributed by atoms with Crippen LogP contribution in [0.4, 0.5) is 0 Å². The molecule has 3 heterocycles. The molecule has 4 rings (SSSR count). The van der Waals surface area contributed by atoms with Crippen LogP contribution in [0.25, 0.3) is 10.2 Å². The van der Waals surface area contributed by atoms with Gasteiger partial charge in [-0.1, -0.05) is 6.92 Å². The van der Waals surface area contributed by atoms with Gasteiger partial charge in [-0.2, -0.15) is 0 Å². The van der Waals surface area contributed by atoms with Crippen molar-refractivity contribution in [2.75, 3.05) is 7.05 Å². The number of fused-ring (bicyclic) bond motifs is 3. The van der Waals surface area contributed by atoms with Crippen molar-refractivity contribution >= 4 is 21.6 Å². The Hall–Kier alpha value is -1.92. The molecule has 0 spiro atoms. The fraction of sp³-hybridized carbons (Fsp3) is 0.500. The molecule has 0 saturated heterocycles. The minimum absolute atomic E-state index is 0.00411. The minimum Gasteiger partial charge on any atom is -0.465 e. The van der Waals surface area contributed by atoms with Gasteiger partial charge in [-0.15, -0.1) is 11.3 Å². The topological polar surface area (TPSA) is 62.1 Å². The van der Waals surface area contributed by atoms with Crippen molar-refractivity contribution in [3.63, 3.8) is 0 Å². The lowest BCUT2D eigenvalue weighted by molar-refractivity contribution is 0.223. The quantitative estimate of drug-likeness (QED) is 0.746. The van der Waals surface area contributed by atoms with Crippen LogP contribution in [-0.4, -0.2) is 21.9 Å². The first kappa shape index (κ1) is 17.5. The zero-order valence-corrected chi connectivity index (χ0v) is 16.6. The van der Waals surface area contributed by atoms with Gasteiger partial charge < -0.3 is 9.40 Å². The number of hydrogen-bond donors (Lipinski definition) is 1. The van der Waals surface area contributed by atoms with Gasteiger partial charge in [0.1, 0.15) is 22.2 Å². The Balaban J connectivity index is 1.65. The first-order chi connectivity index (χ1) is 12.4. The van der Waals surface area contributed by atoms with E-state index in [1.54, 1.807) is 11.3 Å². The fourth-order valence-corrected chi connectivity index (χ4v) is 5.12. The van der Waals surface area contributed by atoms with E-state index < -0.39 is 0 Å². The van der Waals surface area contributed by atoms with Crippen LogP contribution in [0.15, 0.2) is 21.3 Å². The molecule has 0 fully saturated rings. The van der Waals surface area contributed by atoms with Gasteiger partial charge in [0.15, 0.2) is 0 Å². The molecule has 0 saturated carbocycles. The number of thiophene rings is 1. The fourth-order valence-electron chi connectivity index (χ4n) is 3.72. The Morgan fingerprint density at radius 1 is 1.46 bits per heavy atom. The Morgan fingerprint density at radius 3 is 3.00 bits per heavy atom. The molecule has 5 nitrogen and oxygen atoms in total. The molecule has 0 aliphatic heterocycles. The van der Waals surface area contributed by atoms with Gasteiger partial charge in [-0.25, -0.2) is 4.98 Å². The van der Waals surface area contributed by atoms with E-state index in [-0.39, 0.29) is 11.6 Å². The van der Waals surface area contributed by atoms with E-state index in [0.29, 0.717) is 12.5 Å². The molecule has 0 radical (unpaired) electrons. The second-order valence-electron chi connectivity index (χ2n) is 7.59. The van der Waals surface area contributed by atoms with Crippen molar-refractivity contribution in [1.29, 1.82) is 0 Å². The smallest absolute Gasteiger partial charge is 0.259 e. The predicted molar refractivity (Wildman–Crippen MR) is 105 cm³/mol. The van der Waals surface area contributed by atoms with Crippen LogP contribution in [0, 0.1) is 12.8 Å². The standard InChI is InChI=1S/C20H25N3O2S/c1-11-5-8-15-16(9-11)26-20-17(15)19(24)21-18(22-20)13(3)23(4)10-14-7-6-12(2)25-14/h6-7,11,13H,5,8-10H2,1-4H3,(H,21,22,24). The van der Waals surface area contributed by atoms with Crippen molar-refractivity contribution in [3.05, 3.63) is 50.3 Å². The number of hydrogen-bond acceptors (Lipinski definition) is 5. The van der Waals surface area contributed by atoms with Crippen LogP contribution in [0.2, 0.25) is 0 Å². The maximum absolute atomic E-state index is 12.8. The SMILES string of the molecule is Cc1ccc(CN(C)C(C)c2nc3sc4c(c3c(=O)[nH]2)CCC(C)C4)o1. The first-order valence-corrected chi connectivity index (χ1v) is 10.0. The Bertz CT molecular complexity index is 1000. The normalized spacial score (nSPS) is 18.4. The van der Waals surface area contributed by atoms with Crippen LogP contribution in [0.1, 0.15) is 54.1 Å². The summed E-state index contributed by atoms with van der Waals surface area (Å²) < 4.78 is 5.67. The van der Waals surface area contributed by atoms with Gasteiger partial charge in [0.05, 0.1) is 18.0 Å². The first-order valence-electron chi connectivity index (χ1n) is 9.22. The summed E-state index contributed by atoms with van der Waals surface area (Å²) >= 11 is 1.70. The highest BCUT2D eigenvalue weighted by Crippen LogP contribution is 2.36. The van der Waals surface area contributed by atoms with Crippen LogP contribution < -0.4 is 5.56 Å². The number of aromatic amines is 1. The number of aromatic nitrogens is 2. The molecule has 2 unspecified atom stereocenters. The summed E-state index contributed by atoms with van der Waals surface area (Å²) in [5.74, 6) is 3.24. The van der Waals surface area contributed by atoms with Gasteiger partial charge >= 0.3 is 0 Å². The molecule has 0 aromatic carbocycles. The molecule has 1 aliphatic carbocycles. The van der Waals surface area contributed by atoms with Crippen LogP contribution in [0.3, 0.4) is 0 Å². The zero-order valence-electron chi connectivity index (χ0n) is 15.8. The summed E-state index contributed by atoms with van der Waals surface area (Å²) in [5, 5.41) is 0.817. The lowest BCUT2D eigenvalue weighted by atomic mass is 9.89. The predicted octanol–water partition coefficient (Wildman–Crippen LogP) is 4.20. The van der Waals surface area contributed by atoms with Gasteiger partial charge in [0.2, 0.25) is 0 Å². The van der Waals surface area contributed by atoms with Crippen molar-refractivity contribution in [2.24, 2.45) is 5.92 Å². The van der Waals surface area contributed by atoms with E-state index in [2.05, 4.69) is 23.7 Å². The molecule has 0 bridgehead atoms. The largest absolute Gasteiger partial charge is 0.465 e. The third kappa shape index (κ3) is 3.12. The second kappa shape index (κ2) is 6.67. The molecule has 0 amide bonds. The highest BCUT2D eigenvalue weighted by atomic mass is 32.1. The van der Waals surface area contributed by atoms with Gasteiger partial charge in [0, 0.05) is 4.88 Å². The Kier molecular flexibility index (Phi) is 4.49. The van der Waals surface area contributed by atoms with Crippen LogP contribution in [-0.2, 0) is 19.4 Å². The average Bonchev–Trinajstić information content (AvgIpc) is 3.16. The Morgan fingerprint density at radius 2 is 2.27 bits per heavy atom. The maximum atomic E-state index is 12.8. The number of rotatable bonds is 4. The van der Waals surface area contributed by atoms with Gasteiger partial charge in [-0.05, 0) is 63.8 Å². The van der Waals surface area contributed by atoms with Crippen molar-refractivity contribution in [2.45, 2.75) is 52.6 Å². The summed E-state index contributed by atoms with van der Waals surface area (Å²) in [4.78, 5) is 25.0. The lowest BCUT2D eigenvalue weighted by Crippen LogP contribution is -2.25. The summed E-state index contributed by atoms with van der Waals surface area (Å²) in [7, 11) is 2.02. The summed E-state index contributed by atoms with van der Waals surface area (Å²) in [6.45, 7) is 6.97. The summed E-state index contributed by atoms with van der Waals surface area (Å²) in [5.41, 5.74) is 1.24. The van der Waals surface area contributed by atoms with Crippen molar-refractivity contribution in [1.82, 2.24) is 14.9 Å². The number of nitrogens with one attached hydrogen (secondary N) is 1. The number of H-pyrrole nitrogens is 1. The molecule has 1 N–H and O–H groups in total. The molecule has 1 aliphatic rings. The third-order valence-corrected chi connectivity index (χ3v) is 6.59. The van der Waals surface area contributed by atoms with Crippen molar-refractivity contribution in [3.8, 4) is 0 Å². The molecule has 6 heteroatoms. The molecular weight excluding hydrogens is 346 g/mol. The molecule has 3 aromatic rings. The number of nitrogens with zero attached hydrogens (tertiary/aromatic N) is 2. The van der Waals surface area contributed by atoms with Crippen LogP contribution >= 0.6 is 11.3 Å². The number of aryl methyl sites for hydroxylation is 2. The monoisotopic (exact) mass is 371 g/mol. The Labute approximate surface area is 157 Å².